The summed E-state index contributed by atoms with van der Waals surface area (Å²) in [6.45, 7) is 2.76. The molecule has 26 heavy (non-hydrogen) atoms. The molecule has 1 saturated heterocycles. The number of para-hydroxylation sites is 1. The summed E-state index contributed by atoms with van der Waals surface area (Å²) in [6, 6.07) is 9.60. The van der Waals surface area contributed by atoms with Crippen molar-refractivity contribution in [1.29, 1.82) is 0 Å². The third-order valence-electron chi connectivity index (χ3n) is 5.80. The van der Waals surface area contributed by atoms with Crippen molar-refractivity contribution in [2.24, 2.45) is 18.9 Å². The number of aromatic nitrogens is 2. The molecule has 2 aliphatic rings. The smallest absolute Gasteiger partial charge is 0.295 e. The molecule has 2 fully saturated rings. The van der Waals surface area contributed by atoms with Gasteiger partial charge in [0.15, 0.2) is 0 Å². The van der Waals surface area contributed by atoms with Crippen LogP contribution >= 0.6 is 0 Å². The van der Waals surface area contributed by atoms with Crippen molar-refractivity contribution in [2.45, 2.75) is 32.2 Å². The van der Waals surface area contributed by atoms with E-state index in [2.05, 4.69) is 16.2 Å². The van der Waals surface area contributed by atoms with Crippen molar-refractivity contribution in [3.05, 3.63) is 46.4 Å². The van der Waals surface area contributed by atoms with Gasteiger partial charge in [-0.3, -0.25) is 25.1 Å². The number of hydrazine groups is 1. The average Bonchev–Trinajstić information content (AvgIpc) is 3.21. The van der Waals surface area contributed by atoms with Gasteiger partial charge in [0.2, 0.25) is 5.91 Å². The van der Waals surface area contributed by atoms with Crippen molar-refractivity contribution in [3.63, 3.8) is 0 Å². The Morgan fingerprint density at radius 1 is 1.23 bits per heavy atom. The molecule has 3 unspecified atom stereocenters. The summed E-state index contributed by atoms with van der Waals surface area (Å²) < 4.78 is 3.37. The maximum Gasteiger partial charge on any atom is 0.295 e. The summed E-state index contributed by atoms with van der Waals surface area (Å²) in [6.07, 6.45) is 3.03. The number of nitrogens with zero attached hydrogens (tertiary/aromatic N) is 2. The minimum atomic E-state index is -0.200. The highest BCUT2D eigenvalue weighted by Gasteiger charge is 2.40. The van der Waals surface area contributed by atoms with Gasteiger partial charge in [-0.1, -0.05) is 24.6 Å². The quantitative estimate of drug-likeness (QED) is 0.776. The van der Waals surface area contributed by atoms with Crippen molar-refractivity contribution < 1.29 is 4.79 Å². The van der Waals surface area contributed by atoms with E-state index in [1.165, 1.54) is 0 Å². The van der Waals surface area contributed by atoms with E-state index < -0.39 is 0 Å². The Kier molecular flexibility index (Phi) is 4.42. The first-order valence-electron chi connectivity index (χ1n) is 9.21. The fraction of sp³-hybridized carbons (Fsp3) is 0.474. The summed E-state index contributed by atoms with van der Waals surface area (Å²) in [5.74, 6) is 0.298. The zero-order valence-corrected chi connectivity index (χ0v) is 15.2. The van der Waals surface area contributed by atoms with E-state index in [9.17, 15) is 9.59 Å². The van der Waals surface area contributed by atoms with Gasteiger partial charge in [0, 0.05) is 19.6 Å². The van der Waals surface area contributed by atoms with Crippen LogP contribution in [0.15, 0.2) is 35.1 Å². The van der Waals surface area contributed by atoms with Gasteiger partial charge in [0.1, 0.15) is 5.69 Å². The summed E-state index contributed by atoms with van der Waals surface area (Å²) in [7, 11) is 1.83. The molecule has 4 rings (SSSR count). The largest absolute Gasteiger partial charge is 0.320 e. The summed E-state index contributed by atoms with van der Waals surface area (Å²) in [5, 5.41) is 2.93. The zero-order valence-electron chi connectivity index (χ0n) is 15.2. The lowest BCUT2D eigenvalue weighted by atomic mass is 9.77. The van der Waals surface area contributed by atoms with Crippen LogP contribution in [0, 0.1) is 18.8 Å². The van der Waals surface area contributed by atoms with E-state index in [4.69, 9.17) is 0 Å². The fourth-order valence-corrected chi connectivity index (χ4v) is 4.27. The standard InChI is InChI=1S/C19H25N5O2/c1-12-16(19(26)24(23(12)2)14-8-4-3-5-9-14)21-18(25)15-10-6-7-13-11-20-22-17(13)15/h3-5,8-9,13,15,17,20,22H,6-7,10-11H2,1-2H3,(H,21,25). The van der Waals surface area contributed by atoms with E-state index in [0.29, 0.717) is 11.6 Å². The number of fused-ring (bicyclic) bond motifs is 1. The summed E-state index contributed by atoms with van der Waals surface area (Å²) in [4.78, 5) is 25.9. The number of nitrogens with one attached hydrogen (secondary N) is 3. The van der Waals surface area contributed by atoms with E-state index >= 15 is 0 Å². The lowest BCUT2D eigenvalue weighted by molar-refractivity contribution is -0.121. The van der Waals surface area contributed by atoms with Gasteiger partial charge in [0.25, 0.3) is 5.56 Å². The number of carbonyl (C=O) groups is 1. The number of anilines is 1. The molecule has 1 amide bonds. The summed E-state index contributed by atoms with van der Waals surface area (Å²) >= 11 is 0. The Morgan fingerprint density at radius 3 is 2.77 bits per heavy atom. The van der Waals surface area contributed by atoms with E-state index in [1.54, 1.807) is 9.36 Å². The molecular formula is C19H25N5O2. The Bertz CT molecular complexity index is 870. The Balaban J connectivity index is 1.63. The van der Waals surface area contributed by atoms with E-state index in [1.807, 2.05) is 44.3 Å². The van der Waals surface area contributed by atoms with Crippen LogP contribution in [-0.2, 0) is 11.8 Å². The highest BCUT2D eigenvalue weighted by molar-refractivity contribution is 5.93. The molecule has 2 aromatic rings. The Labute approximate surface area is 152 Å². The number of hydrogen-bond acceptors (Lipinski definition) is 4. The first-order chi connectivity index (χ1) is 12.6. The lowest BCUT2D eigenvalue weighted by Crippen LogP contribution is -2.46. The van der Waals surface area contributed by atoms with Crippen LogP contribution < -0.4 is 21.7 Å². The third-order valence-corrected chi connectivity index (χ3v) is 5.80. The van der Waals surface area contributed by atoms with Crippen molar-refractivity contribution in [3.8, 4) is 5.69 Å². The zero-order chi connectivity index (χ0) is 18.3. The number of amides is 1. The van der Waals surface area contributed by atoms with E-state index in [0.717, 1.165) is 37.2 Å². The first kappa shape index (κ1) is 17.1. The van der Waals surface area contributed by atoms with Gasteiger partial charge in [-0.05, 0) is 37.8 Å². The molecular weight excluding hydrogens is 330 g/mol. The molecule has 7 nitrogen and oxygen atoms in total. The second-order valence-corrected chi connectivity index (χ2v) is 7.27. The highest BCUT2D eigenvalue weighted by Crippen LogP contribution is 2.32. The topological polar surface area (TPSA) is 80.1 Å². The number of benzene rings is 1. The monoisotopic (exact) mass is 355 g/mol. The lowest BCUT2D eigenvalue weighted by Gasteiger charge is -2.31. The van der Waals surface area contributed by atoms with Gasteiger partial charge in [-0.25, -0.2) is 4.68 Å². The molecule has 2 heterocycles. The molecule has 3 atom stereocenters. The van der Waals surface area contributed by atoms with Crippen LogP contribution in [0.4, 0.5) is 5.69 Å². The molecule has 0 spiro atoms. The molecule has 1 aromatic carbocycles. The molecule has 1 aromatic heterocycles. The van der Waals surface area contributed by atoms with E-state index in [-0.39, 0.29) is 23.4 Å². The van der Waals surface area contributed by atoms with Crippen molar-refractivity contribution in [1.82, 2.24) is 20.2 Å². The SMILES string of the molecule is Cc1c(NC(=O)C2CCCC3CNNC32)c(=O)n(-c2ccccc2)n1C. The number of carbonyl (C=O) groups excluding carboxylic acids is 1. The molecule has 138 valence electrons. The Morgan fingerprint density at radius 2 is 2.00 bits per heavy atom. The van der Waals surface area contributed by atoms with Crippen LogP contribution in [0.2, 0.25) is 0 Å². The molecule has 1 saturated carbocycles. The molecule has 7 heteroatoms. The van der Waals surface area contributed by atoms with Gasteiger partial charge in [-0.15, -0.1) is 0 Å². The second-order valence-electron chi connectivity index (χ2n) is 7.27. The Hall–Kier alpha value is -2.38. The third kappa shape index (κ3) is 2.77. The molecule has 3 N–H and O–H groups in total. The average molecular weight is 355 g/mol. The molecule has 1 aliphatic carbocycles. The first-order valence-corrected chi connectivity index (χ1v) is 9.21. The van der Waals surface area contributed by atoms with Gasteiger partial charge in [0.05, 0.1) is 17.3 Å². The predicted molar refractivity (Wildman–Crippen MR) is 100 cm³/mol. The summed E-state index contributed by atoms with van der Waals surface area (Å²) in [5.41, 5.74) is 8.12. The minimum absolute atomic E-state index is 0.0677. The number of rotatable bonds is 3. The fourth-order valence-electron chi connectivity index (χ4n) is 4.27. The van der Waals surface area contributed by atoms with Gasteiger partial charge in [-0.2, -0.15) is 0 Å². The van der Waals surface area contributed by atoms with Crippen LogP contribution in [0.25, 0.3) is 5.69 Å². The van der Waals surface area contributed by atoms with Crippen molar-refractivity contribution in [2.75, 3.05) is 11.9 Å². The predicted octanol–water partition coefficient (Wildman–Crippen LogP) is 1.32. The number of hydrogen-bond donors (Lipinski definition) is 3. The van der Waals surface area contributed by atoms with Crippen LogP contribution in [0.1, 0.15) is 25.0 Å². The van der Waals surface area contributed by atoms with Crippen LogP contribution in [0.3, 0.4) is 0 Å². The van der Waals surface area contributed by atoms with Gasteiger partial charge >= 0.3 is 0 Å². The maximum absolute atomic E-state index is 13.0. The minimum Gasteiger partial charge on any atom is -0.320 e. The van der Waals surface area contributed by atoms with Crippen LogP contribution in [-0.4, -0.2) is 27.9 Å². The molecule has 0 bridgehead atoms. The van der Waals surface area contributed by atoms with Crippen LogP contribution in [0.5, 0.6) is 0 Å². The van der Waals surface area contributed by atoms with Crippen molar-refractivity contribution >= 4 is 11.6 Å². The molecule has 0 radical (unpaired) electrons. The highest BCUT2D eigenvalue weighted by atomic mass is 16.2. The second kappa shape index (κ2) is 6.74. The maximum atomic E-state index is 13.0. The normalized spacial score (nSPS) is 25.1. The van der Waals surface area contributed by atoms with Gasteiger partial charge < -0.3 is 5.32 Å². The molecule has 1 aliphatic heterocycles.